The van der Waals surface area contributed by atoms with Gasteiger partial charge in [-0.3, -0.25) is 9.35 Å². The smallest absolute Gasteiger partial charge is 0.397 e. The largest absolute Gasteiger partial charge is 0.457 e. The Morgan fingerprint density at radius 1 is 0.576 bits per heavy atom. The van der Waals surface area contributed by atoms with Crippen molar-refractivity contribution in [2.75, 3.05) is 26.4 Å². The Labute approximate surface area is 398 Å². The number of rotatable bonds is 40. The number of ether oxygens (including phenoxy) is 4. The molecule has 0 aliphatic carbocycles. The number of esters is 1. The third-order valence-electron chi connectivity index (χ3n) is 10.1. The van der Waals surface area contributed by atoms with Crippen LogP contribution in [0, 0.1) is 0 Å². The lowest BCUT2D eigenvalue weighted by Crippen LogP contribution is -2.60. The van der Waals surface area contributed by atoms with Gasteiger partial charge in [0.25, 0.3) is 0 Å². The molecule has 6 unspecified atom stereocenters. The molecule has 0 saturated carbocycles. The van der Waals surface area contributed by atoms with E-state index >= 15 is 0 Å². The van der Waals surface area contributed by atoms with Gasteiger partial charge in [0.1, 0.15) is 30.5 Å². The minimum atomic E-state index is -5.08. The lowest BCUT2D eigenvalue weighted by Gasteiger charge is -2.41. The van der Waals surface area contributed by atoms with Gasteiger partial charge in [0.2, 0.25) is 0 Å². The molecule has 0 aromatic rings. The van der Waals surface area contributed by atoms with Crippen LogP contribution in [0.15, 0.2) is 122 Å². The third-order valence-corrected chi connectivity index (χ3v) is 10.5. The van der Waals surface area contributed by atoms with Crippen molar-refractivity contribution in [3.63, 3.8) is 0 Å². The maximum Gasteiger partial charge on any atom is 0.397 e. The van der Waals surface area contributed by atoms with Gasteiger partial charge in [-0.25, -0.2) is 4.18 Å². The van der Waals surface area contributed by atoms with E-state index in [9.17, 15) is 33.1 Å². The third kappa shape index (κ3) is 35.7. The number of unbranched alkanes of at least 4 members (excludes halogenated alkanes) is 7. The summed E-state index contributed by atoms with van der Waals surface area (Å²) in [6.45, 7) is 3.62. The number of aliphatic hydroxyl groups excluding tert-OH is 3. The summed E-state index contributed by atoms with van der Waals surface area (Å²) in [6, 6.07) is 0. The van der Waals surface area contributed by atoms with Crippen LogP contribution in [0.1, 0.15) is 142 Å². The second-order valence-corrected chi connectivity index (χ2v) is 17.0. The first kappa shape index (κ1) is 60.5. The first-order valence-corrected chi connectivity index (χ1v) is 25.7. The molecule has 1 aliphatic rings. The van der Waals surface area contributed by atoms with Crippen molar-refractivity contribution in [1.29, 1.82) is 0 Å². The Kier molecular flexibility index (Phi) is 39.3. The Bertz CT molecular complexity index is 1610. The summed E-state index contributed by atoms with van der Waals surface area (Å²) in [4.78, 5) is 12.9. The van der Waals surface area contributed by atoms with E-state index < -0.39 is 59.8 Å². The summed E-state index contributed by atoms with van der Waals surface area (Å²) < 4.78 is 59.1. The SMILES string of the molecule is CC/C=C\C/C=C\C/C=C\C/C=C\C/C=C\C/C=C\CCCCCCC(=O)OC(COCCCCC/C=C\C/C=C\C/C=C\C/C=C\CC)COC1OC(CO)C(O)C(OS(=O)(=O)O)C1O. The van der Waals surface area contributed by atoms with Crippen LogP contribution in [-0.2, 0) is 38.3 Å². The first-order valence-electron chi connectivity index (χ1n) is 24.3. The molecule has 0 aromatic heterocycles. The number of hydrogen-bond donors (Lipinski definition) is 4. The quantitative estimate of drug-likeness (QED) is 0.0198. The molecule has 1 heterocycles. The molecule has 0 aromatic carbocycles. The number of carbonyl (C=O) groups excluding carboxylic acids is 1. The lowest BCUT2D eigenvalue weighted by molar-refractivity contribution is -0.301. The molecule has 6 atom stereocenters. The predicted molar refractivity (Wildman–Crippen MR) is 266 cm³/mol. The van der Waals surface area contributed by atoms with Crippen molar-refractivity contribution in [1.82, 2.24) is 0 Å². The van der Waals surface area contributed by atoms with E-state index in [1.807, 2.05) is 0 Å². The minimum absolute atomic E-state index is 0.00558. The van der Waals surface area contributed by atoms with E-state index in [4.69, 9.17) is 18.9 Å². The zero-order valence-corrected chi connectivity index (χ0v) is 40.8. The highest BCUT2D eigenvalue weighted by Crippen LogP contribution is 2.26. The summed E-state index contributed by atoms with van der Waals surface area (Å²) in [5.74, 6) is -0.441. The van der Waals surface area contributed by atoms with Crippen molar-refractivity contribution < 1.29 is 56.2 Å². The maximum atomic E-state index is 12.9. The summed E-state index contributed by atoms with van der Waals surface area (Å²) in [6.07, 6.45) is 52.3. The van der Waals surface area contributed by atoms with Gasteiger partial charge in [0.05, 0.1) is 19.8 Å². The fraction of sp³-hybridized carbons (Fsp3) is 0.604. The summed E-state index contributed by atoms with van der Waals surface area (Å²) >= 11 is 0. The van der Waals surface area contributed by atoms with Crippen molar-refractivity contribution >= 4 is 16.4 Å². The number of allylic oxidation sites excluding steroid dienone is 20. The van der Waals surface area contributed by atoms with Crippen LogP contribution in [0.5, 0.6) is 0 Å². The van der Waals surface area contributed by atoms with Crippen molar-refractivity contribution in [3.8, 4) is 0 Å². The van der Waals surface area contributed by atoms with E-state index in [-0.39, 0.29) is 19.6 Å². The zero-order chi connectivity index (χ0) is 48.2. The molecule has 12 nitrogen and oxygen atoms in total. The second kappa shape index (κ2) is 42.8. The standard InChI is InChI=1S/C53H84O12S/c1-3-5-7-9-11-13-15-17-19-21-22-23-24-25-26-27-28-30-32-34-36-38-40-42-49(55)63-47(46-62-53-51(57)52(65-66(58,59)60)50(56)48(44-54)64-53)45-61-43-41-39-37-35-33-31-29-20-18-16-14-12-10-8-6-4-2/h5-8,11-14,17-20,22-23,25-26,28,30-31,33,47-48,50-54,56-57H,3-4,9-10,15-16,21,24,27,29,32,34-46H2,1-2H3,(H,58,59,60)/b7-5-,8-6-,13-11-,14-12-,19-17-,20-18-,23-22-,26-25-,30-28-,33-31-. The van der Waals surface area contributed by atoms with Gasteiger partial charge in [-0.15, -0.1) is 0 Å². The average molecular weight is 945 g/mol. The van der Waals surface area contributed by atoms with Crippen LogP contribution in [0.4, 0.5) is 0 Å². The molecule has 1 fully saturated rings. The normalized spacial score (nSPS) is 20.6. The highest BCUT2D eigenvalue weighted by atomic mass is 32.3. The van der Waals surface area contributed by atoms with E-state index in [0.717, 1.165) is 116 Å². The molecule has 1 aliphatic heterocycles. The molecule has 0 amide bonds. The van der Waals surface area contributed by atoms with Crippen LogP contribution < -0.4 is 0 Å². The van der Waals surface area contributed by atoms with Crippen LogP contribution in [0.25, 0.3) is 0 Å². The Morgan fingerprint density at radius 3 is 1.44 bits per heavy atom. The zero-order valence-electron chi connectivity index (χ0n) is 39.9. The highest BCUT2D eigenvalue weighted by Gasteiger charge is 2.48. The molecule has 374 valence electrons. The van der Waals surface area contributed by atoms with Crippen LogP contribution in [0.3, 0.4) is 0 Å². The highest BCUT2D eigenvalue weighted by molar-refractivity contribution is 7.80. The average Bonchev–Trinajstić information content (AvgIpc) is 3.29. The number of aliphatic hydroxyl groups is 3. The van der Waals surface area contributed by atoms with Gasteiger partial charge in [0, 0.05) is 13.0 Å². The molecule has 4 N–H and O–H groups in total. The maximum absolute atomic E-state index is 12.9. The van der Waals surface area contributed by atoms with Crippen LogP contribution in [-0.4, -0.2) is 97.5 Å². The summed E-state index contributed by atoms with van der Waals surface area (Å²) in [7, 11) is -5.08. The monoisotopic (exact) mass is 945 g/mol. The molecule has 66 heavy (non-hydrogen) atoms. The lowest BCUT2D eigenvalue weighted by atomic mass is 9.99. The van der Waals surface area contributed by atoms with E-state index in [1.165, 1.54) is 0 Å². The van der Waals surface area contributed by atoms with Crippen molar-refractivity contribution in [2.24, 2.45) is 0 Å². The summed E-state index contributed by atoms with van der Waals surface area (Å²) in [5, 5.41) is 30.7. The van der Waals surface area contributed by atoms with E-state index in [0.29, 0.717) is 13.0 Å². The predicted octanol–water partition coefficient (Wildman–Crippen LogP) is 11.0. The molecule has 0 spiro atoms. The molecular formula is C53H84O12S. The summed E-state index contributed by atoms with van der Waals surface area (Å²) in [5.41, 5.74) is 0. The minimum Gasteiger partial charge on any atom is -0.457 e. The molecule has 13 heteroatoms. The number of hydrogen-bond acceptors (Lipinski definition) is 11. The number of carbonyl (C=O) groups is 1. The van der Waals surface area contributed by atoms with Crippen molar-refractivity contribution in [2.45, 2.75) is 179 Å². The van der Waals surface area contributed by atoms with Gasteiger partial charge >= 0.3 is 16.4 Å². The van der Waals surface area contributed by atoms with E-state index in [2.05, 4.69) is 140 Å². The van der Waals surface area contributed by atoms with Gasteiger partial charge in [-0.05, 0) is 103 Å². The van der Waals surface area contributed by atoms with Gasteiger partial charge < -0.3 is 34.3 Å². The van der Waals surface area contributed by atoms with Gasteiger partial charge in [0.15, 0.2) is 6.29 Å². The topological polar surface area (TPSA) is 178 Å². The molecule has 1 rings (SSSR count). The Balaban J connectivity index is 2.45. The van der Waals surface area contributed by atoms with Crippen LogP contribution in [0.2, 0.25) is 0 Å². The fourth-order valence-corrected chi connectivity index (χ4v) is 7.00. The molecule has 0 radical (unpaired) electrons. The van der Waals surface area contributed by atoms with Gasteiger partial charge in [-0.2, -0.15) is 8.42 Å². The van der Waals surface area contributed by atoms with Crippen molar-refractivity contribution in [3.05, 3.63) is 122 Å². The first-order chi connectivity index (χ1) is 32.1. The Hall–Kier alpha value is -3.50. The molecule has 1 saturated heterocycles. The fourth-order valence-electron chi connectivity index (χ4n) is 6.49. The molecule has 0 bridgehead atoms. The van der Waals surface area contributed by atoms with Gasteiger partial charge in [-0.1, -0.05) is 155 Å². The molecular weight excluding hydrogens is 861 g/mol. The van der Waals surface area contributed by atoms with E-state index in [1.54, 1.807) is 0 Å². The van der Waals surface area contributed by atoms with Crippen LogP contribution >= 0.6 is 0 Å². The second-order valence-electron chi connectivity index (χ2n) is 15.9. The Morgan fingerprint density at radius 2 is 1.00 bits per heavy atom.